The van der Waals surface area contributed by atoms with Crippen molar-refractivity contribution in [3.8, 4) is 11.3 Å². The summed E-state index contributed by atoms with van der Waals surface area (Å²) in [5, 5.41) is 7.73. The first-order chi connectivity index (χ1) is 18.4. The van der Waals surface area contributed by atoms with Crippen molar-refractivity contribution < 1.29 is 19.1 Å². The summed E-state index contributed by atoms with van der Waals surface area (Å²) in [4.78, 5) is 42.6. The van der Waals surface area contributed by atoms with Crippen molar-refractivity contribution in [3.05, 3.63) is 64.3 Å². The first kappa shape index (κ1) is 31.7. The number of allylic oxidation sites excluding steroid dienone is 1. The maximum Gasteiger partial charge on any atom is 0.253 e. The Morgan fingerprint density at radius 1 is 1.21 bits per heavy atom. The number of aryl methyl sites for hydroxylation is 1. The fraction of sp³-hybridized carbons (Fsp3) is 0.400. The highest BCUT2D eigenvalue weighted by molar-refractivity contribution is 7.14. The minimum Gasteiger partial charge on any atom is -0.382 e. The number of nitrogens with one attached hydrogen (secondary N) is 2. The smallest absolute Gasteiger partial charge is 0.253 e. The summed E-state index contributed by atoms with van der Waals surface area (Å²) >= 11 is 1.27. The van der Waals surface area contributed by atoms with Crippen molar-refractivity contribution in [2.45, 2.75) is 67.0 Å². The third-order valence-electron chi connectivity index (χ3n) is 5.81. The highest BCUT2D eigenvalue weighted by Crippen LogP contribution is 2.29. The third kappa shape index (κ3) is 8.21. The van der Waals surface area contributed by atoms with Gasteiger partial charge < -0.3 is 19.9 Å². The molecule has 8 nitrogen and oxygen atoms in total. The van der Waals surface area contributed by atoms with Crippen LogP contribution in [-0.4, -0.2) is 46.9 Å². The maximum atomic E-state index is 13.0. The quantitative estimate of drug-likeness (QED) is 0.303. The molecular formula is C30H40N4O4S. The number of rotatable bonds is 9. The zero-order valence-electron chi connectivity index (χ0n) is 24.3. The van der Waals surface area contributed by atoms with Crippen LogP contribution >= 0.6 is 11.3 Å². The second-order valence-electron chi connectivity index (χ2n) is 9.80. The summed E-state index contributed by atoms with van der Waals surface area (Å²) in [6, 6.07) is 4.60. The molecule has 3 aromatic rings. The lowest BCUT2D eigenvalue weighted by Crippen LogP contribution is -2.46. The Morgan fingerprint density at radius 3 is 2.46 bits per heavy atom. The fourth-order valence-electron chi connectivity index (χ4n) is 3.82. The number of hydrogen-bond acceptors (Lipinski definition) is 6. The lowest BCUT2D eigenvalue weighted by molar-refractivity contribution is -0.119. The van der Waals surface area contributed by atoms with Crippen LogP contribution in [0.3, 0.4) is 0 Å². The number of ether oxygens (including phenoxy) is 1. The molecule has 0 aliphatic rings. The van der Waals surface area contributed by atoms with E-state index in [0.717, 1.165) is 16.7 Å². The molecule has 39 heavy (non-hydrogen) atoms. The van der Waals surface area contributed by atoms with Gasteiger partial charge in [-0.15, -0.1) is 11.3 Å². The van der Waals surface area contributed by atoms with Crippen molar-refractivity contribution in [1.82, 2.24) is 14.9 Å². The van der Waals surface area contributed by atoms with Gasteiger partial charge in [0.05, 0.1) is 17.9 Å². The Bertz CT molecular complexity index is 1330. The number of carbonyl (C=O) groups is 3. The van der Waals surface area contributed by atoms with Crippen LogP contribution in [0.15, 0.2) is 42.0 Å². The Kier molecular flexibility index (Phi) is 11.4. The van der Waals surface area contributed by atoms with Crippen molar-refractivity contribution >= 4 is 40.1 Å². The van der Waals surface area contributed by atoms with E-state index in [1.807, 2.05) is 88.9 Å². The summed E-state index contributed by atoms with van der Waals surface area (Å²) in [5.74, 6) is -0.832. The number of anilines is 1. The fourth-order valence-corrected chi connectivity index (χ4v) is 4.54. The zero-order valence-corrected chi connectivity index (χ0v) is 25.2. The number of carbonyl (C=O) groups excluding carboxylic acids is 3. The third-order valence-corrected chi connectivity index (χ3v) is 6.57. The Balaban J connectivity index is 0.00000260. The molecule has 2 aromatic heterocycles. The lowest BCUT2D eigenvalue weighted by Gasteiger charge is -2.21. The average Bonchev–Trinajstić information content (AvgIpc) is 3.56. The molecule has 2 N–H and O–H groups in total. The Hall–Kier alpha value is -3.56. The number of aromatic nitrogens is 2. The lowest BCUT2D eigenvalue weighted by atomic mass is 9.95. The number of methoxy groups -OCH3 is 1. The summed E-state index contributed by atoms with van der Waals surface area (Å²) in [5.41, 5.74) is 4.20. The second-order valence-corrected chi connectivity index (χ2v) is 10.7. The molecule has 0 aliphatic carbocycles. The second kappa shape index (κ2) is 14.0. The molecule has 0 radical (unpaired) electrons. The average molecular weight is 553 g/mol. The minimum atomic E-state index is -0.908. The topological polar surface area (TPSA) is 102 Å². The number of thiazole rings is 1. The van der Waals surface area contributed by atoms with Crippen LogP contribution in [0.2, 0.25) is 0 Å². The summed E-state index contributed by atoms with van der Waals surface area (Å²) in [7, 11) is 1.47. The SMILES string of the molecule is C/C=C\c1c(C)cc(-c2csc(NC(=O)C(COC)NC(=O)c3ccn(C(C)(C)C)c3)n2)cc1C(C)=O.CC. The Morgan fingerprint density at radius 2 is 1.90 bits per heavy atom. The molecule has 0 saturated carbocycles. The van der Waals surface area contributed by atoms with E-state index in [1.54, 1.807) is 19.2 Å². The number of Topliss-reactive ketones (excluding diaryl/α,β-unsaturated/α-hetero) is 1. The summed E-state index contributed by atoms with van der Waals surface area (Å²) in [6.45, 7) is 15.5. The molecule has 3 rings (SSSR count). The van der Waals surface area contributed by atoms with Gasteiger partial charge in [-0.05, 0) is 70.9 Å². The normalized spacial score (nSPS) is 12.0. The molecule has 210 valence electrons. The number of hydrogen-bond donors (Lipinski definition) is 2. The van der Waals surface area contributed by atoms with Crippen LogP contribution in [0.5, 0.6) is 0 Å². The van der Waals surface area contributed by atoms with Gasteiger partial charge in [0.15, 0.2) is 10.9 Å². The molecular weight excluding hydrogens is 512 g/mol. The highest BCUT2D eigenvalue weighted by Gasteiger charge is 2.24. The largest absolute Gasteiger partial charge is 0.382 e. The van der Waals surface area contributed by atoms with Crippen LogP contribution < -0.4 is 10.6 Å². The molecule has 1 atom stereocenters. The van der Waals surface area contributed by atoms with Gasteiger partial charge in [0.1, 0.15) is 6.04 Å². The first-order valence-corrected chi connectivity index (χ1v) is 13.9. The predicted molar refractivity (Wildman–Crippen MR) is 160 cm³/mol. The van der Waals surface area contributed by atoms with Crippen molar-refractivity contribution in [1.29, 1.82) is 0 Å². The van der Waals surface area contributed by atoms with E-state index in [-0.39, 0.29) is 23.8 Å². The van der Waals surface area contributed by atoms with Gasteiger partial charge in [-0.2, -0.15) is 0 Å². The van der Waals surface area contributed by atoms with E-state index in [2.05, 4.69) is 15.6 Å². The van der Waals surface area contributed by atoms with Crippen molar-refractivity contribution in [2.24, 2.45) is 0 Å². The number of ketones is 1. The number of nitrogens with zero attached hydrogens (tertiary/aromatic N) is 2. The van der Waals surface area contributed by atoms with E-state index in [4.69, 9.17) is 4.74 Å². The van der Waals surface area contributed by atoms with E-state index in [0.29, 0.717) is 22.0 Å². The zero-order chi connectivity index (χ0) is 29.3. The van der Waals surface area contributed by atoms with Gasteiger partial charge in [0.25, 0.3) is 11.8 Å². The van der Waals surface area contributed by atoms with Gasteiger partial charge >= 0.3 is 0 Å². The molecule has 0 bridgehead atoms. The standard InChI is InChI=1S/C28H34N4O4S.C2H6/c1-8-9-21-17(2)12-20(13-22(21)18(3)33)24-16-37-27(30-24)31-26(35)23(15-36-7)29-25(34)19-10-11-32(14-19)28(4,5)6;1-2/h8-14,16,23H,15H2,1-7H3,(H,29,34)(H,30,31,35);1-2H3/b9-8-;. The van der Waals surface area contributed by atoms with Crippen LogP contribution in [0, 0.1) is 6.92 Å². The van der Waals surface area contributed by atoms with E-state index >= 15 is 0 Å². The van der Waals surface area contributed by atoms with Gasteiger partial charge in [0.2, 0.25) is 0 Å². The van der Waals surface area contributed by atoms with Gasteiger partial charge in [-0.25, -0.2) is 4.98 Å². The minimum absolute atomic E-state index is 0.00333. The molecule has 2 heterocycles. The van der Waals surface area contributed by atoms with E-state index in [1.165, 1.54) is 18.4 Å². The molecule has 1 aromatic carbocycles. The first-order valence-electron chi connectivity index (χ1n) is 13.0. The molecule has 0 aliphatic heterocycles. The van der Waals surface area contributed by atoms with Crippen molar-refractivity contribution in [3.63, 3.8) is 0 Å². The summed E-state index contributed by atoms with van der Waals surface area (Å²) < 4.78 is 7.12. The van der Waals surface area contributed by atoms with E-state index < -0.39 is 11.9 Å². The van der Waals surface area contributed by atoms with Crippen molar-refractivity contribution in [2.75, 3.05) is 19.0 Å². The molecule has 2 amide bonds. The van der Waals surface area contributed by atoms with E-state index in [9.17, 15) is 14.4 Å². The van der Waals surface area contributed by atoms with Gasteiger partial charge in [-0.1, -0.05) is 26.0 Å². The van der Waals surface area contributed by atoms with Crippen LogP contribution in [0.4, 0.5) is 5.13 Å². The van der Waals surface area contributed by atoms with Crippen LogP contribution in [-0.2, 0) is 15.1 Å². The van der Waals surface area contributed by atoms with Crippen LogP contribution in [0.25, 0.3) is 17.3 Å². The predicted octanol–water partition coefficient (Wildman–Crippen LogP) is 6.32. The Labute approximate surface area is 235 Å². The van der Waals surface area contributed by atoms with Crippen LogP contribution in [0.1, 0.15) is 80.3 Å². The van der Waals surface area contributed by atoms with Gasteiger partial charge in [0, 0.05) is 41.5 Å². The highest BCUT2D eigenvalue weighted by atomic mass is 32.1. The monoisotopic (exact) mass is 552 g/mol. The number of benzene rings is 1. The summed E-state index contributed by atoms with van der Waals surface area (Å²) in [6.07, 6.45) is 7.41. The molecule has 1 unspecified atom stereocenters. The number of amides is 2. The molecule has 0 fully saturated rings. The molecule has 0 spiro atoms. The van der Waals surface area contributed by atoms with Gasteiger partial charge in [-0.3, -0.25) is 14.4 Å². The molecule has 9 heteroatoms. The maximum absolute atomic E-state index is 13.0. The molecule has 0 saturated heterocycles.